The second-order valence-electron chi connectivity index (χ2n) is 4.76. The highest BCUT2D eigenvalue weighted by Crippen LogP contribution is 2.42. The van der Waals surface area contributed by atoms with Gasteiger partial charge in [-0.2, -0.15) is 13.2 Å². The van der Waals surface area contributed by atoms with Crippen LogP contribution >= 0.6 is 11.3 Å². The van der Waals surface area contributed by atoms with Crippen molar-refractivity contribution >= 4 is 17.2 Å². The molecule has 0 spiro atoms. The Morgan fingerprint density at radius 2 is 2.00 bits per heavy atom. The van der Waals surface area contributed by atoms with Gasteiger partial charge in [0.1, 0.15) is 0 Å². The topological polar surface area (TPSA) is 63.3 Å². The van der Waals surface area contributed by atoms with Crippen molar-refractivity contribution in [2.75, 3.05) is 0 Å². The normalized spacial score (nSPS) is 16.3. The summed E-state index contributed by atoms with van der Waals surface area (Å²) in [5.74, 6) is -1.78. The Morgan fingerprint density at radius 3 is 2.33 bits per heavy atom. The fourth-order valence-electron chi connectivity index (χ4n) is 1.72. The van der Waals surface area contributed by atoms with Gasteiger partial charge in [0, 0.05) is 16.7 Å². The van der Waals surface area contributed by atoms with E-state index in [1.807, 2.05) is 0 Å². The summed E-state index contributed by atoms with van der Waals surface area (Å²) in [6.45, 7) is 3.05. The van der Waals surface area contributed by atoms with Gasteiger partial charge in [0.2, 0.25) is 5.60 Å². The molecule has 1 aromatic rings. The van der Waals surface area contributed by atoms with Crippen molar-refractivity contribution in [1.82, 2.24) is 0 Å². The first-order valence-electron chi connectivity index (χ1n) is 5.14. The van der Waals surface area contributed by atoms with Gasteiger partial charge >= 0.3 is 6.18 Å². The number of carbonyl (C=O) groups excluding carboxylic acids is 1. The average molecular weight is 281 g/mol. The third-order valence-corrected chi connectivity index (χ3v) is 4.00. The molecule has 0 saturated heterocycles. The first-order chi connectivity index (χ1) is 8.01. The molecule has 3 N–H and O–H groups in total. The van der Waals surface area contributed by atoms with Crippen LogP contribution in [0.4, 0.5) is 13.2 Å². The second-order valence-corrected chi connectivity index (χ2v) is 5.71. The summed E-state index contributed by atoms with van der Waals surface area (Å²) >= 11 is 1.26. The fourth-order valence-corrected chi connectivity index (χ4v) is 2.57. The lowest BCUT2D eigenvalue weighted by atomic mass is 9.78. The lowest BCUT2D eigenvalue weighted by molar-refractivity contribution is -0.255. The molecule has 18 heavy (non-hydrogen) atoms. The minimum Gasteiger partial charge on any atom is -0.373 e. The Kier molecular flexibility index (Phi) is 3.78. The van der Waals surface area contributed by atoms with Gasteiger partial charge in [-0.1, -0.05) is 19.9 Å². The van der Waals surface area contributed by atoms with Crippen LogP contribution in [-0.4, -0.2) is 22.8 Å². The molecule has 1 amide bonds. The Hall–Kier alpha value is -1.08. The number of nitrogens with two attached hydrogens (primary N) is 1. The number of alkyl halides is 3. The molecule has 1 heterocycles. The van der Waals surface area contributed by atoms with Gasteiger partial charge in [-0.25, -0.2) is 0 Å². The summed E-state index contributed by atoms with van der Waals surface area (Å²) in [6, 6.07) is 3.35. The van der Waals surface area contributed by atoms with E-state index in [9.17, 15) is 23.1 Å². The molecule has 3 nitrogen and oxygen atoms in total. The third-order valence-electron chi connectivity index (χ3n) is 2.76. The van der Waals surface area contributed by atoms with Crippen LogP contribution in [0.5, 0.6) is 0 Å². The Balaban J connectivity index is 3.10. The van der Waals surface area contributed by atoms with Gasteiger partial charge < -0.3 is 10.8 Å². The van der Waals surface area contributed by atoms with Gasteiger partial charge in [-0.3, -0.25) is 4.79 Å². The standard InChI is InChI=1S/C11H14F3NO2S/c1-9(2,7-4-3-5-18-7)6-10(17,8(15)16)11(12,13)14/h3-5,17H,6H2,1-2H3,(H2,15,16). The number of rotatable bonds is 4. The summed E-state index contributed by atoms with van der Waals surface area (Å²) in [7, 11) is 0. The van der Waals surface area contributed by atoms with Crippen LogP contribution in [0, 0.1) is 0 Å². The van der Waals surface area contributed by atoms with Crippen molar-refractivity contribution in [3.63, 3.8) is 0 Å². The molecule has 0 aromatic carbocycles. The van der Waals surface area contributed by atoms with Gasteiger partial charge in [0.05, 0.1) is 0 Å². The molecule has 0 aliphatic rings. The zero-order chi connectivity index (χ0) is 14.2. The van der Waals surface area contributed by atoms with Crippen molar-refractivity contribution < 1.29 is 23.1 Å². The number of carbonyl (C=O) groups is 1. The summed E-state index contributed by atoms with van der Waals surface area (Å²) in [5, 5.41) is 11.3. The van der Waals surface area contributed by atoms with E-state index in [0.29, 0.717) is 4.88 Å². The number of halogens is 3. The molecular formula is C11H14F3NO2S. The smallest absolute Gasteiger partial charge is 0.373 e. The molecule has 102 valence electrons. The van der Waals surface area contributed by atoms with E-state index in [1.54, 1.807) is 17.5 Å². The van der Waals surface area contributed by atoms with E-state index in [-0.39, 0.29) is 0 Å². The number of hydrogen-bond donors (Lipinski definition) is 2. The summed E-state index contributed by atoms with van der Waals surface area (Å²) < 4.78 is 38.3. The first-order valence-corrected chi connectivity index (χ1v) is 6.02. The quantitative estimate of drug-likeness (QED) is 0.888. The predicted molar refractivity (Wildman–Crippen MR) is 62.2 cm³/mol. The van der Waals surface area contributed by atoms with Crippen molar-refractivity contribution in [2.45, 2.75) is 37.5 Å². The van der Waals surface area contributed by atoms with E-state index < -0.39 is 29.5 Å². The second kappa shape index (κ2) is 4.55. The lowest BCUT2D eigenvalue weighted by Crippen LogP contribution is -2.57. The molecule has 7 heteroatoms. The minimum atomic E-state index is -5.09. The molecule has 0 aliphatic carbocycles. The lowest BCUT2D eigenvalue weighted by Gasteiger charge is -2.34. The van der Waals surface area contributed by atoms with Crippen LogP contribution in [0.15, 0.2) is 17.5 Å². The summed E-state index contributed by atoms with van der Waals surface area (Å²) in [5.41, 5.74) is 0.192. The Morgan fingerprint density at radius 1 is 1.44 bits per heavy atom. The number of hydrogen-bond acceptors (Lipinski definition) is 3. The van der Waals surface area contributed by atoms with Crippen LogP contribution in [-0.2, 0) is 10.2 Å². The van der Waals surface area contributed by atoms with Gasteiger partial charge in [-0.15, -0.1) is 11.3 Å². The summed E-state index contributed by atoms with van der Waals surface area (Å²) in [4.78, 5) is 11.6. The van der Waals surface area contributed by atoms with E-state index >= 15 is 0 Å². The van der Waals surface area contributed by atoms with Crippen LogP contribution in [0.1, 0.15) is 25.1 Å². The van der Waals surface area contributed by atoms with Crippen molar-refractivity contribution in [1.29, 1.82) is 0 Å². The van der Waals surface area contributed by atoms with Crippen LogP contribution < -0.4 is 5.73 Å². The van der Waals surface area contributed by atoms with Crippen molar-refractivity contribution in [3.8, 4) is 0 Å². The Labute approximate surface area is 106 Å². The third kappa shape index (κ3) is 2.67. The number of aliphatic hydroxyl groups is 1. The molecule has 1 aromatic heterocycles. The zero-order valence-corrected chi connectivity index (χ0v) is 10.7. The molecule has 1 atom stereocenters. The molecule has 0 fully saturated rings. The molecule has 1 unspecified atom stereocenters. The highest BCUT2D eigenvalue weighted by Gasteiger charge is 2.60. The highest BCUT2D eigenvalue weighted by atomic mass is 32.1. The maximum absolute atomic E-state index is 12.8. The molecule has 0 bridgehead atoms. The number of amides is 1. The highest BCUT2D eigenvalue weighted by molar-refractivity contribution is 7.10. The van der Waals surface area contributed by atoms with Crippen LogP contribution in [0.25, 0.3) is 0 Å². The maximum Gasteiger partial charge on any atom is 0.426 e. The van der Waals surface area contributed by atoms with Crippen LogP contribution in [0.2, 0.25) is 0 Å². The van der Waals surface area contributed by atoms with E-state index in [4.69, 9.17) is 5.73 Å². The molecule has 0 radical (unpaired) electrons. The van der Waals surface area contributed by atoms with Crippen molar-refractivity contribution in [3.05, 3.63) is 22.4 Å². The van der Waals surface area contributed by atoms with E-state index in [1.165, 1.54) is 25.2 Å². The predicted octanol–water partition coefficient (Wildman–Crippen LogP) is 2.19. The average Bonchev–Trinajstić information content (AvgIpc) is 2.67. The van der Waals surface area contributed by atoms with Gasteiger partial charge in [0.25, 0.3) is 5.91 Å². The largest absolute Gasteiger partial charge is 0.426 e. The molecule has 0 saturated carbocycles. The fraction of sp³-hybridized carbons (Fsp3) is 0.545. The zero-order valence-electron chi connectivity index (χ0n) is 9.91. The van der Waals surface area contributed by atoms with E-state index in [0.717, 1.165) is 0 Å². The van der Waals surface area contributed by atoms with Crippen molar-refractivity contribution in [2.24, 2.45) is 5.73 Å². The molecule has 0 aliphatic heterocycles. The monoisotopic (exact) mass is 281 g/mol. The number of thiophene rings is 1. The van der Waals surface area contributed by atoms with Crippen LogP contribution in [0.3, 0.4) is 0 Å². The molecule has 1 rings (SSSR count). The summed E-state index contributed by atoms with van der Waals surface area (Å²) in [6.07, 6.45) is -5.90. The maximum atomic E-state index is 12.8. The molecular weight excluding hydrogens is 267 g/mol. The minimum absolute atomic E-state index is 0.645. The SMILES string of the molecule is CC(C)(CC(O)(C(N)=O)C(F)(F)F)c1cccs1. The first kappa shape index (κ1) is 15.0. The Bertz CT molecular complexity index is 428. The van der Waals surface area contributed by atoms with E-state index in [2.05, 4.69) is 0 Å². The van der Waals surface area contributed by atoms with Gasteiger partial charge in [-0.05, 0) is 11.4 Å². The van der Waals surface area contributed by atoms with Gasteiger partial charge in [0.15, 0.2) is 0 Å². The number of primary amides is 1.